The summed E-state index contributed by atoms with van der Waals surface area (Å²) in [6.45, 7) is 5.18. The van der Waals surface area contributed by atoms with Gasteiger partial charge in [0.1, 0.15) is 11.3 Å². The summed E-state index contributed by atoms with van der Waals surface area (Å²) >= 11 is 6.30. The van der Waals surface area contributed by atoms with Crippen LogP contribution in [-0.4, -0.2) is 73.5 Å². The second kappa shape index (κ2) is 8.32. The summed E-state index contributed by atoms with van der Waals surface area (Å²) in [5.41, 5.74) is 1.28. The van der Waals surface area contributed by atoms with Crippen molar-refractivity contribution in [2.75, 3.05) is 46.9 Å². The highest BCUT2D eigenvalue weighted by molar-refractivity contribution is 6.32. The zero-order valence-electron chi connectivity index (χ0n) is 17.0. The van der Waals surface area contributed by atoms with Gasteiger partial charge in [-0.1, -0.05) is 11.6 Å². The molecule has 0 bridgehead atoms. The van der Waals surface area contributed by atoms with Gasteiger partial charge in [0.15, 0.2) is 6.61 Å². The van der Waals surface area contributed by atoms with Gasteiger partial charge in [0, 0.05) is 57.3 Å². The van der Waals surface area contributed by atoms with Crippen LogP contribution in [0.3, 0.4) is 0 Å². The Hall–Kier alpha value is -2.74. The van der Waals surface area contributed by atoms with Gasteiger partial charge < -0.3 is 23.9 Å². The Morgan fingerprint density at radius 3 is 2.34 bits per heavy atom. The van der Waals surface area contributed by atoms with Crippen molar-refractivity contribution in [1.82, 2.24) is 14.7 Å². The zero-order chi connectivity index (χ0) is 21.3. The molecule has 2 heterocycles. The molecular weight excluding hydrogens is 398 g/mol. The van der Waals surface area contributed by atoms with Gasteiger partial charge in [-0.05, 0) is 25.5 Å². The highest BCUT2D eigenvalue weighted by Crippen LogP contribution is 2.31. The number of amides is 3. The lowest BCUT2D eigenvalue weighted by molar-refractivity contribution is -0.134. The lowest BCUT2D eigenvalue weighted by atomic mass is 10.1. The van der Waals surface area contributed by atoms with E-state index in [0.717, 1.165) is 10.9 Å². The molecule has 0 radical (unpaired) electrons. The molecule has 0 atom stereocenters. The van der Waals surface area contributed by atoms with Crippen molar-refractivity contribution in [2.24, 2.45) is 0 Å². The number of fused-ring (bicyclic) bond motifs is 1. The fraction of sp³-hybridized carbons (Fsp3) is 0.450. The van der Waals surface area contributed by atoms with Crippen LogP contribution in [0.2, 0.25) is 5.02 Å². The van der Waals surface area contributed by atoms with Crippen molar-refractivity contribution in [3.05, 3.63) is 38.7 Å². The van der Waals surface area contributed by atoms with Crippen LogP contribution in [0.15, 0.2) is 21.3 Å². The largest absolute Gasteiger partial charge is 0.482 e. The van der Waals surface area contributed by atoms with Gasteiger partial charge >= 0.3 is 11.7 Å². The van der Waals surface area contributed by atoms with Gasteiger partial charge in [-0.25, -0.2) is 9.59 Å². The molecule has 3 rings (SSSR count). The molecule has 156 valence electrons. The molecule has 0 spiro atoms. The summed E-state index contributed by atoms with van der Waals surface area (Å²) in [5, 5.41) is 1.07. The van der Waals surface area contributed by atoms with Crippen molar-refractivity contribution in [1.29, 1.82) is 0 Å². The Morgan fingerprint density at radius 2 is 1.72 bits per heavy atom. The van der Waals surface area contributed by atoms with E-state index in [9.17, 15) is 14.4 Å². The number of carbonyl (C=O) groups excluding carboxylic acids is 2. The normalized spacial score (nSPS) is 14.2. The number of hydrogen-bond acceptors (Lipinski definition) is 5. The number of ether oxygens (including phenoxy) is 1. The molecule has 8 nitrogen and oxygen atoms in total. The number of rotatable bonds is 3. The van der Waals surface area contributed by atoms with Gasteiger partial charge in [-0.2, -0.15) is 0 Å². The number of carbonyl (C=O) groups is 2. The van der Waals surface area contributed by atoms with E-state index in [1.54, 1.807) is 36.9 Å². The highest BCUT2D eigenvalue weighted by atomic mass is 35.5. The van der Waals surface area contributed by atoms with Crippen LogP contribution >= 0.6 is 11.6 Å². The van der Waals surface area contributed by atoms with Gasteiger partial charge in [-0.15, -0.1) is 0 Å². The number of urea groups is 1. The van der Waals surface area contributed by atoms with Crippen LogP contribution in [-0.2, 0) is 4.79 Å². The summed E-state index contributed by atoms with van der Waals surface area (Å²) in [4.78, 5) is 41.2. The van der Waals surface area contributed by atoms with E-state index in [-0.39, 0.29) is 24.3 Å². The molecule has 1 aromatic heterocycles. The van der Waals surface area contributed by atoms with Crippen LogP contribution in [0.4, 0.5) is 4.79 Å². The number of benzene rings is 1. The number of aryl methyl sites for hydroxylation is 1. The monoisotopic (exact) mass is 421 g/mol. The minimum Gasteiger partial charge on any atom is -0.482 e. The molecule has 29 heavy (non-hydrogen) atoms. The van der Waals surface area contributed by atoms with Gasteiger partial charge in [0.2, 0.25) is 0 Å². The molecular formula is C20H24ClN3O5. The Balaban J connectivity index is 1.66. The standard InChI is InChI=1S/C20H24ClN3O5/c1-12-13(2)19(26)29-16-10-17(15(21)9-14(12)16)28-11-18(25)23-5-7-24(8-6-23)20(27)22(3)4/h9-10H,5-8,11H2,1-4H3. The maximum absolute atomic E-state index is 12.5. The van der Waals surface area contributed by atoms with E-state index in [2.05, 4.69) is 0 Å². The van der Waals surface area contributed by atoms with E-state index in [4.69, 9.17) is 20.8 Å². The van der Waals surface area contributed by atoms with E-state index in [0.29, 0.717) is 42.3 Å². The molecule has 0 unspecified atom stereocenters. The second-order valence-electron chi connectivity index (χ2n) is 7.25. The number of piperazine rings is 1. The highest BCUT2D eigenvalue weighted by Gasteiger charge is 2.25. The zero-order valence-corrected chi connectivity index (χ0v) is 17.7. The first kappa shape index (κ1) is 21.0. The molecule has 1 saturated heterocycles. The van der Waals surface area contributed by atoms with E-state index >= 15 is 0 Å². The predicted octanol–water partition coefficient (Wildman–Crippen LogP) is 2.27. The Bertz CT molecular complexity index is 1010. The summed E-state index contributed by atoms with van der Waals surface area (Å²) in [7, 11) is 3.40. The summed E-state index contributed by atoms with van der Waals surface area (Å²) in [6, 6.07) is 3.14. The Kier molecular flexibility index (Phi) is 6.02. The van der Waals surface area contributed by atoms with Crippen molar-refractivity contribution >= 4 is 34.5 Å². The smallest absolute Gasteiger partial charge is 0.339 e. The van der Waals surface area contributed by atoms with Gasteiger partial charge in [-0.3, -0.25) is 4.79 Å². The number of hydrogen-bond donors (Lipinski definition) is 0. The molecule has 2 aromatic rings. The maximum Gasteiger partial charge on any atom is 0.339 e. The number of halogens is 1. The maximum atomic E-state index is 12.5. The third-order valence-electron chi connectivity index (χ3n) is 5.15. The predicted molar refractivity (Wildman–Crippen MR) is 110 cm³/mol. The minimum absolute atomic E-state index is 0.0664. The molecule has 9 heteroatoms. The van der Waals surface area contributed by atoms with Gasteiger partial charge in [0.25, 0.3) is 5.91 Å². The van der Waals surface area contributed by atoms with Gasteiger partial charge in [0.05, 0.1) is 5.02 Å². The second-order valence-corrected chi connectivity index (χ2v) is 7.66. The van der Waals surface area contributed by atoms with Crippen LogP contribution in [0.5, 0.6) is 5.75 Å². The van der Waals surface area contributed by atoms with E-state index in [1.807, 2.05) is 6.92 Å². The molecule has 1 aliphatic heterocycles. The van der Waals surface area contributed by atoms with Crippen molar-refractivity contribution in [3.8, 4) is 5.75 Å². The third kappa shape index (κ3) is 4.32. The lowest BCUT2D eigenvalue weighted by Crippen LogP contribution is -2.53. The minimum atomic E-state index is -0.413. The fourth-order valence-electron chi connectivity index (χ4n) is 3.22. The molecule has 0 saturated carbocycles. The molecule has 0 N–H and O–H groups in total. The first-order valence-corrected chi connectivity index (χ1v) is 9.67. The fourth-order valence-corrected chi connectivity index (χ4v) is 3.43. The van der Waals surface area contributed by atoms with Crippen LogP contribution in [0.1, 0.15) is 11.1 Å². The third-order valence-corrected chi connectivity index (χ3v) is 5.44. The number of nitrogens with zero attached hydrogens (tertiary/aromatic N) is 3. The van der Waals surface area contributed by atoms with Crippen molar-refractivity contribution in [3.63, 3.8) is 0 Å². The van der Waals surface area contributed by atoms with E-state index < -0.39 is 5.63 Å². The summed E-state index contributed by atoms with van der Waals surface area (Å²) in [6.07, 6.45) is 0. The summed E-state index contributed by atoms with van der Waals surface area (Å²) < 4.78 is 10.9. The topological polar surface area (TPSA) is 83.3 Å². The average molecular weight is 422 g/mol. The average Bonchev–Trinajstić information content (AvgIpc) is 2.70. The van der Waals surface area contributed by atoms with Crippen molar-refractivity contribution < 1.29 is 18.7 Å². The summed E-state index contributed by atoms with van der Waals surface area (Å²) in [5.74, 6) is 0.0833. The first-order chi connectivity index (χ1) is 13.7. The van der Waals surface area contributed by atoms with Crippen LogP contribution in [0, 0.1) is 13.8 Å². The van der Waals surface area contributed by atoms with Crippen LogP contribution in [0.25, 0.3) is 11.0 Å². The Labute approximate surface area is 173 Å². The lowest BCUT2D eigenvalue weighted by Gasteiger charge is -2.35. The first-order valence-electron chi connectivity index (χ1n) is 9.29. The van der Waals surface area contributed by atoms with Crippen molar-refractivity contribution in [2.45, 2.75) is 13.8 Å². The van der Waals surface area contributed by atoms with E-state index in [1.165, 1.54) is 11.0 Å². The SMILES string of the molecule is Cc1c(C)c2cc(Cl)c(OCC(=O)N3CCN(C(=O)N(C)C)CC3)cc2oc1=O. The molecule has 1 fully saturated rings. The molecule has 3 amide bonds. The van der Waals surface area contributed by atoms with Crippen LogP contribution < -0.4 is 10.4 Å². The molecule has 0 aliphatic carbocycles. The molecule has 1 aromatic carbocycles. The quantitative estimate of drug-likeness (QED) is 0.710. The Morgan fingerprint density at radius 1 is 1.10 bits per heavy atom. The molecule has 1 aliphatic rings.